The van der Waals surface area contributed by atoms with Gasteiger partial charge in [-0.2, -0.15) is 13.2 Å². The van der Waals surface area contributed by atoms with E-state index < -0.39 is 11.7 Å². The molecular weight excluding hydrogens is 253 g/mol. The molecule has 0 radical (unpaired) electrons. The van der Waals surface area contributed by atoms with Crippen LogP contribution < -0.4 is 5.73 Å². The van der Waals surface area contributed by atoms with Crippen LogP contribution in [-0.2, 0) is 12.6 Å². The van der Waals surface area contributed by atoms with Gasteiger partial charge in [0.15, 0.2) is 0 Å². The molecule has 2 aromatic rings. The maximum atomic E-state index is 13.1. The first kappa shape index (κ1) is 13.9. The van der Waals surface area contributed by atoms with Crippen LogP contribution >= 0.6 is 0 Å². The maximum Gasteiger partial charge on any atom is 0.417 e. The summed E-state index contributed by atoms with van der Waals surface area (Å²) in [5, 5.41) is 0.286. The van der Waals surface area contributed by atoms with Gasteiger partial charge in [-0.25, -0.2) is 0 Å². The highest BCUT2D eigenvalue weighted by Crippen LogP contribution is 2.38. The molecule has 0 spiro atoms. The number of aromatic nitrogens is 1. The smallest absolute Gasteiger partial charge is 0.345 e. The van der Waals surface area contributed by atoms with E-state index in [0.717, 1.165) is 6.07 Å². The van der Waals surface area contributed by atoms with Crippen molar-refractivity contribution in [3.63, 3.8) is 0 Å². The lowest BCUT2D eigenvalue weighted by molar-refractivity contribution is -0.136. The largest absolute Gasteiger partial charge is 0.417 e. The molecule has 0 saturated carbocycles. The first-order chi connectivity index (χ1) is 8.86. The lowest BCUT2D eigenvalue weighted by Gasteiger charge is -2.12. The summed E-state index contributed by atoms with van der Waals surface area (Å²) in [5.41, 5.74) is 6.21. The minimum Gasteiger partial charge on any atom is -0.345 e. The molecule has 2 rings (SSSR count). The Morgan fingerprint density at radius 3 is 2.47 bits per heavy atom. The van der Waals surface area contributed by atoms with Crippen molar-refractivity contribution in [3.05, 3.63) is 35.5 Å². The van der Waals surface area contributed by atoms with Crippen LogP contribution in [0.2, 0.25) is 0 Å². The minimum atomic E-state index is -4.34. The van der Waals surface area contributed by atoms with Gasteiger partial charge in [0.25, 0.3) is 0 Å². The number of rotatable bonds is 3. The second-order valence-electron chi connectivity index (χ2n) is 4.89. The van der Waals surface area contributed by atoms with Crippen LogP contribution in [-0.4, -0.2) is 11.1 Å². The number of halogens is 3. The molecule has 0 aliphatic carbocycles. The molecule has 2 nitrogen and oxygen atoms in total. The van der Waals surface area contributed by atoms with Crippen molar-refractivity contribution >= 4 is 10.9 Å². The summed E-state index contributed by atoms with van der Waals surface area (Å²) in [6.07, 6.45) is -2.10. The second kappa shape index (κ2) is 4.89. The van der Waals surface area contributed by atoms with Gasteiger partial charge in [-0.05, 0) is 44.5 Å². The molecule has 19 heavy (non-hydrogen) atoms. The van der Waals surface area contributed by atoms with Crippen molar-refractivity contribution in [2.45, 2.75) is 32.5 Å². The van der Waals surface area contributed by atoms with Crippen molar-refractivity contribution in [1.29, 1.82) is 0 Å². The first-order valence-corrected chi connectivity index (χ1v) is 6.26. The Morgan fingerprint density at radius 2 is 1.95 bits per heavy atom. The molecule has 1 aromatic heterocycles. The van der Waals surface area contributed by atoms with E-state index in [1.165, 1.54) is 6.07 Å². The summed E-state index contributed by atoms with van der Waals surface area (Å²) >= 11 is 0. The van der Waals surface area contributed by atoms with E-state index in [9.17, 15) is 13.2 Å². The van der Waals surface area contributed by atoms with E-state index >= 15 is 0 Å². The van der Waals surface area contributed by atoms with Gasteiger partial charge in [-0.3, -0.25) is 0 Å². The number of benzene rings is 1. The molecule has 0 saturated heterocycles. The SMILES string of the molecule is CC(C)n1cc(CCN)c2c(C(F)(F)F)cccc21. The highest BCUT2D eigenvalue weighted by atomic mass is 19.4. The maximum absolute atomic E-state index is 13.1. The van der Waals surface area contributed by atoms with Crippen molar-refractivity contribution in [3.8, 4) is 0 Å². The summed E-state index contributed by atoms with van der Waals surface area (Å²) in [4.78, 5) is 0. The zero-order valence-corrected chi connectivity index (χ0v) is 11.0. The van der Waals surface area contributed by atoms with Crippen LogP contribution in [0.25, 0.3) is 10.9 Å². The minimum absolute atomic E-state index is 0.109. The Labute approximate surface area is 110 Å². The van der Waals surface area contributed by atoms with Crippen LogP contribution in [0.4, 0.5) is 13.2 Å². The average Bonchev–Trinajstić information content (AvgIpc) is 2.67. The Kier molecular flexibility index (Phi) is 3.58. The Balaban J connectivity index is 2.79. The molecule has 0 unspecified atom stereocenters. The van der Waals surface area contributed by atoms with Gasteiger partial charge in [0.05, 0.1) is 5.56 Å². The molecule has 0 bridgehead atoms. The monoisotopic (exact) mass is 270 g/mol. The molecule has 0 aliphatic heterocycles. The van der Waals surface area contributed by atoms with Crippen LogP contribution in [0, 0.1) is 0 Å². The van der Waals surface area contributed by atoms with Gasteiger partial charge in [0, 0.05) is 23.1 Å². The first-order valence-electron chi connectivity index (χ1n) is 6.26. The fourth-order valence-corrected chi connectivity index (χ4v) is 2.40. The van der Waals surface area contributed by atoms with Crippen LogP contribution in [0.5, 0.6) is 0 Å². The Bertz CT molecular complexity index is 582. The Hall–Kier alpha value is -1.49. The lowest BCUT2D eigenvalue weighted by atomic mass is 10.0. The topological polar surface area (TPSA) is 30.9 Å². The van der Waals surface area contributed by atoms with Crippen molar-refractivity contribution in [2.24, 2.45) is 5.73 Å². The molecule has 2 N–H and O–H groups in total. The van der Waals surface area contributed by atoms with Crippen LogP contribution in [0.15, 0.2) is 24.4 Å². The van der Waals surface area contributed by atoms with E-state index in [4.69, 9.17) is 5.73 Å². The van der Waals surface area contributed by atoms with Gasteiger partial charge >= 0.3 is 6.18 Å². The molecule has 0 fully saturated rings. The van der Waals surface area contributed by atoms with E-state index in [-0.39, 0.29) is 11.4 Å². The fraction of sp³-hybridized carbons (Fsp3) is 0.429. The summed E-state index contributed by atoms with van der Waals surface area (Å²) in [7, 11) is 0. The quantitative estimate of drug-likeness (QED) is 0.905. The predicted octanol–water partition coefficient (Wildman–Crippen LogP) is 3.74. The molecule has 1 aromatic carbocycles. The van der Waals surface area contributed by atoms with Crippen molar-refractivity contribution < 1.29 is 13.2 Å². The van der Waals surface area contributed by atoms with E-state index in [0.29, 0.717) is 24.0 Å². The average molecular weight is 270 g/mol. The molecule has 0 amide bonds. The Morgan fingerprint density at radius 1 is 1.26 bits per heavy atom. The molecule has 0 aliphatic rings. The molecule has 5 heteroatoms. The highest BCUT2D eigenvalue weighted by Gasteiger charge is 2.34. The highest BCUT2D eigenvalue weighted by molar-refractivity contribution is 5.88. The van der Waals surface area contributed by atoms with E-state index in [1.807, 2.05) is 18.4 Å². The van der Waals surface area contributed by atoms with Gasteiger partial charge < -0.3 is 10.3 Å². The van der Waals surface area contributed by atoms with E-state index in [2.05, 4.69) is 0 Å². The number of hydrogen-bond donors (Lipinski definition) is 1. The number of nitrogens with zero attached hydrogens (tertiary/aromatic N) is 1. The number of fused-ring (bicyclic) bond motifs is 1. The van der Waals surface area contributed by atoms with Crippen LogP contribution in [0.3, 0.4) is 0 Å². The predicted molar refractivity (Wildman–Crippen MR) is 70.1 cm³/mol. The van der Waals surface area contributed by atoms with Gasteiger partial charge in [-0.1, -0.05) is 6.07 Å². The summed E-state index contributed by atoms with van der Waals surface area (Å²) in [6, 6.07) is 4.42. The molecule has 0 atom stereocenters. The normalized spacial score (nSPS) is 12.6. The molecule has 104 valence electrons. The summed E-state index contributed by atoms with van der Waals surface area (Å²) < 4.78 is 41.2. The number of hydrogen-bond acceptors (Lipinski definition) is 1. The number of nitrogens with two attached hydrogens (primary N) is 1. The number of alkyl halides is 3. The van der Waals surface area contributed by atoms with Gasteiger partial charge in [0.1, 0.15) is 0 Å². The fourth-order valence-electron chi connectivity index (χ4n) is 2.40. The lowest BCUT2D eigenvalue weighted by Crippen LogP contribution is -2.07. The second-order valence-corrected chi connectivity index (χ2v) is 4.89. The summed E-state index contributed by atoms with van der Waals surface area (Å²) in [6.45, 7) is 4.24. The van der Waals surface area contributed by atoms with Gasteiger partial charge in [-0.15, -0.1) is 0 Å². The summed E-state index contributed by atoms with van der Waals surface area (Å²) in [5.74, 6) is 0. The van der Waals surface area contributed by atoms with Crippen LogP contribution in [0.1, 0.15) is 31.0 Å². The molecule has 1 heterocycles. The standard InChI is InChI=1S/C14H17F3N2/c1-9(2)19-8-10(6-7-18)13-11(14(15,16)17)4-3-5-12(13)19/h3-5,8-9H,6-7,18H2,1-2H3. The third-order valence-electron chi connectivity index (χ3n) is 3.21. The van der Waals surface area contributed by atoms with Gasteiger partial charge in [0.2, 0.25) is 0 Å². The third-order valence-corrected chi connectivity index (χ3v) is 3.21. The third kappa shape index (κ3) is 2.47. The molecular formula is C14H17F3N2. The van der Waals surface area contributed by atoms with Crippen molar-refractivity contribution in [2.75, 3.05) is 6.54 Å². The zero-order chi connectivity index (χ0) is 14.2. The zero-order valence-electron chi connectivity index (χ0n) is 11.0. The van der Waals surface area contributed by atoms with Crippen molar-refractivity contribution in [1.82, 2.24) is 4.57 Å². The van der Waals surface area contributed by atoms with E-state index in [1.54, 1.807) is 12.3 Å².